The van der Waals surface area contributed by atoms with Crippen molar-refractivity contribution in [2.75, 3.05) is 4.90 Å². The van der Waals surface area contributed by atoms with Crippen molar-refractivity contribution in [1.29, 1.82) is 0 Å². The maximum absolute atomic E-state index is 12.9. The molecule has 2 aromatic carbocycles. The van der Waals surface area contributed by atoms with E-state index in [-0.39, 0.29) is 15.7 Å². The summed E-state index contributed by atoms with van der Waals surface area (Å²) in [5, 5.41) is 3.18. The number of rotatable bonds is 2. The van der Waals surface area contributed by atoms with Crippen LogP contribution < -0.4 is 10.2 Å². The van der Waals surface area contributed by atoms with Crippen LogP contribution in [0.1, 0.15) is 11.1 Å². The normalized spacial score (nSPS) is 16.4. The molecule has 1 N–H and O–H groups in total. The van der Waals surface area contributed by atoms with E-state index in [1.807, 2.05) is 31.2 Å². The summed E-state index contributed by atoms with van der Waals surface area (Å²) in [6, 6.07) is 12.1. The Balaban J connectivity index is 2.03. The fraction of sp³-hybridized carbons (Fsp3) is 0.0556. The molecular formula is C18H12Cl2N2O2S. The van der Waals surface area contributed by atoms with E-state index in [0.717, 1.165) is 11.1 Å². The largest absolute Gasteiger partial charge is 0.298 e. The molecule has 1 aliphatic rings. The molecule has 7 heteroatoms. The molecule has 0 radical (unpaired) electrons. The number of carbonyl (C=O) groups excluding carboxylic acids is 2. The zero-order chi connectivity index (χ0) is 18.1. The number of benzene rings is 2. The van der Waals surface area contributed by atoms with Gasteiger partial charge in [0, 0.05) is 5.02 Å². The molecular weight excluding hydrogens is 379 g/mol. The maximum atomic E-state index is 12.9. The van der Waals surface area contributed by atoms with E-state index in [2.05, 4.69) is 5.32 Å². The van der Waals surface area contributed by atoms with Gasteiger partial charge in [-0.05, 0) is 49.0 Å². The third-order valence-electron chi connectivity index (χ3n) is 3.64. The molecule has 25 heavy (non-hydrogen) atoms. The van der Waals surface area contributed by atoms with Gasteiger partial charge < -0.3 is 0 Å². The van der Waals surface area contributed by atoms with Gasteiger partial charge in [-0.3, -0.25) is 19.8 Å². The Bertz CT molecular complexity index is 923. The highest BCUT2D eigenvalue weighted by atomic mass is 35.5. The van der Waals surface area contributed by atoms with E-state index in [1.54, 1.807) is 12.1 Å². The number of aryl methyl sites for hydroxylation is 1. The minimum absolute atomic E-state index is 0.0246. The lowest BCUT2D eigenvalue weighted by molar-refractivity contribution is -0.122. The van der Waals surface area contributed by atoms with Crippen molar-refractivity contribution in [2.24, 2.45) is 0 Å². The molecule has 1 fully saturated rings. The molecule has 0 atom stereocenters. The zero-order valence-corrected chi connectivity index (χ0v) is 15.4. The predicted octanol–water partition coefficient (Wildman–Crippen LogP) is 4.13. The molecule has 0 bridgehead atoms. The number of amides is 2. The minimum atomic E-state index is -0.545. The van der Waals surface area contributed by atoms with Crippen molar-refractivity contribution in [1.82, 2.24) is 5.32 Å². The Labute approximate surface area is 160 Å². The van der Waals surface area contributed by atoms with Gasteiger partial charge in [0.15, 0.2) is 5.11 Å². The highest BCUT2D eigenvalue weighted by Crippen LogP contribution is 2.31. The second kappa shape index (κ2) is 6.96. The van der Waals surface area contributed by atoms with Crippen LogP contribution in [-0.2, 0) is 9.59 Å². The number of anilines is 1. The molecule has 4 nitrogen and oxygen atoms in total. The lowest BCUT2D eigenvalue weighted by Crippen LogP contribution is -2.54. The summed E-state index contributed by atoms with van der Waals surface area (Å²) in [6.07, 6.45) is 1.52. The number of hydrogen-bond donors (Lipinski definition) is 1. The fourth-order valence-corrected chi connectivity index (χ4v) is 3.14. The van der Waals surface area contributed by atoms with Crippen LogP contribution in [0.4, 0.5) is 5.69 Å². The fourth-order valence-electron chi connectivity index (χ4n) is 2.37. The molecule has 2 amide bonds. The number of carbonyl (C=O) groups is 2. The first-order valence-electron chi connectivity index (χ1n) is 7.30. The van der Waals surface area contributed by atoms with Crippen LogP contribution in [0.15, 0.2) is 48.0 Å². The standard InChI is InChI=1S/C18H12Cl2N2O2S/c1-10-2-4-11(5-3-10)8-13-16(23)21-18(25)22(17(13)24)15-7-6-12(19)9-14(15)20/h2-9H,1H3,(H,21,23,25)/b13-8+. The van der Waals surface area contributed by atoms with Crippen molar-refractivity contribution in [2.45, 2.75) is 6.92 Å². The number of nitrogens with one attached hydrogen (secondary N) is 1. The van der Waals surface area contributed by atoms with Gasteiger partial charge in [-0.15, -0.1) is 0 Å². The highest BCUT2D eigenvalue weighted by Gasteiger charge is 2.35. The van der Waals surface area contributed by atoms with Gasteiger partial charge in [0.05, 0.1) is 10.7 Å². The van der Waals surface area contributed by atoms with Crippen LogP contribution in [0.25, 0.3) is 6.08 Å². The van der Waals surface area contributed by atoms with Crippen molar-refractivity contribution in [3.8, 4) is 0 Å². The van der Waals surface area contributed by atoms with E-state index >= 15 is 0 Å². The number of nitrogens with zero attached hydrogens (tertiary/aromatic N) is 1. The molecule has 0 spiro atoms. The molecule has 0 unspecified atom stereocenters. The Morgan fingerprint density at radius 3 is 2.40 bits per heavy atom. The number of hydrogen-bond acceptors (Lipinski definition) is 3. The van der Waals surface area contributed by atoms with Crippen LogP contribution in [0.3, 0.4) is 0 Å². The van der Waals surface area contributed by atoms with Crippen LogP contribution in [0.2, 0.25) is 10.0 Å². The van der Waals surface area contributed by atoms with Gasteiger partial charge >= 0.3 is 0 Å². The average Bonchev–Trinajstić information content (AvgIpc) is 2.55. The van der Waals surface area contributed by atoms with Gasteiger partial charge in [0.25, 0.3) is 11.8 Å². The van der Waals surface area contributed by atoms with Crippen molar-refractivity contribution >= 4 is 64.1 Å². The summed E-state index contributed by atoms with van der Waals surface area (Å²) in [7, 11) is 0. The molecule has 1 aliphatic heterocycles. The van der Waals surface area contributed by atoms with Crippen LogP contribution >= 0.6 is 35.4 Å². The molecule has 126 valence electrons. The number of thiocarbonyl (C=S) groups is 1. The predicted molar refractivity (Wildman–Crippen MR) is 104 cm³/mol. The molecule has 0 aromatic heterocycles. The first-order chi connectivity index (χ1) is 11.9. The Morgan fingerprint density at radius 2 is 1.76 bits per heavy atom. The lowest BCUT2D eigenvalue weighted by Gasteiger charge is -2.29. The Morgan fingerprint density at radius 1 is 1.08 bits per heavy atom. The minimum Gasteiger partial charge on any atom is -0.298 e. The van der Waals surface area contributed by atoms with Crippen molar-refractivity contribution < 1.29 is 9.59 Å². The summed E-state index contributed by atoms with van der Waals surface area (Å²) < 4.78 is 0. The van der Waals surface area contributed by atoms with Gasteiger partial charge in [-0.2, -0.15) is 0 Å². The first kappa shape index (κ1) is 17.6. The van der Waals surface area contributed by atoms with Crippen molar-refractivity contribution in [3.05, 3.63) is 69.2 Å². The summed E-state index contributed by atoms with van der Waals surface area (Å²) in [5.74, 6) is -1.09. The molecule has 1 saturated heterocycles. The monoisotopic (exact) mass is 390 g/mol. The van der Waals surface area contributed by atoms with E-state index in [1.165, 1.54) is 17.0 Å². The van der Waals surface area contributed by atoms with E-state index in [0.29, 0.717) is 10.7 Å². The molecule has 3 rings (SSSR count). The van der Waals surface area contributed by atoms with Crippen LogP contribution in [0.5, 0.6) is 0 Å². The summed E-state index contributed by atoms with van der Waals surface area (Å²) >= 11 is 17.2. The Kier molecular flexibility index (Phi) is 4.90. The van der Waals surface area contributed by atoms with Gasteiger partial charge in [0.1, 0.15) is 5.57 Å². The van der Waals surface area contributed by atoms with Gasteiger partial charge in [-0.25, -0.2) is 0 Å². The van der Waals surface area contributed by atoms with E-state index in [4.69, 9.17) is 35.4 Å². The topological polar surface area (TPSA) is 49.4 Å². The van der Waals surface area contributed by atoms with Gasteiger partial charge in [0.2, 0.25) is 0 Å². The summed E-state index contributed by atoms with van der Waals surface area (Å²) in [6.45, 7) is 1.96. The average molecular weight is 391 g/mol. The third kappa shape index (κ3) is 3.58. The van der Waals surface area contributed by atoms with E-state index in [9.17, 15) is 9.59 Å². The van der Waals surface area contributed by atoms with Crippen molar-refractivity contribution in [3.63, 3.8) is 0 Å². The molecule has 2 aromatic rings. The second-order valence-electron chi connectivity index (χ2n) is 5.46. The van der Waals surface area contributed by atoms with Crippen LogP contribution in [0, 0.1) is 6.92 Å². The number of halogens is 2. The van der Waals surface area contributed by atoms with Crippen LogP contribution in [-0.4, -0.2) is 16.9 Å². The molecule has 0 aliphatic carbocycles. The van der Waals surface area contributed by atoms with E-state index < -0.39 is 11.8 Å². The summed E-state index contributed by atoms with van der Waals surface area (Å²) in [5.41, 5.74) is 2.15. The third-order valence-corrected chi connectivity index (χ3v) is 4.46. The quantitative estimate of drug-likeness (QED) is 0.476. The van der Waals surface area contributed by atoms with Gasteiger partial charge in [-0.1, -0.05) is 53.0 Å². The smallest absolute Gasteiger partial charge is 0.270 e. The lowest BCUT2D eigenvalue weighted by atomic mass is 10.1. The highest BCUT2D eigenvalue weighted by molar-refractivity contribution is 7.80. The summed E-state index contributed by atoms with van der Waals surface area (Å²) in [4.78, 5) is 26.3. The zero-order valence-electron chi connectivity index (χ0n) is 13.0. The molecule has 0 saturated carbocycles. The second-order valence-corrected chi connectivity index (χ2v) is 6.69. The Hall–Kier alpha value is -2.21. The molecule has 1 heterocycles. The first-order valence-corrected chi connectivity index (χ1v) is 8.46. The maximum Gasteiger partial charge on any atom is 0.270 e. The SMILES string of the molecule is Cc1ccc(/C=C2\C(=O)NC(=S)N(c3ccc(Cl)cc3Cl)C2=O)cc1.